The Morgan fingerprint density at radius 1 is 1.28 bits per heavy atom. The minimum atomic E-state index is 0.0271. The van der Waals surface area contributed by atoms with E-state index in [2.05, 4.69) is 15.9 Å². The molecule has 0 bridgehead atoms. The molecule has 0 saturated carbocycles. The Kier molecular flexibility index (Phi) is 4.25. The molecule has 0 aliphatic heterocycles. The number of carbonyl (C=O) groups is 1. The molecule has 2 rings (SSSR count). The van der Waals surface area contributed by atoms with Gasteiger partial charge >= 0.3 is 0 Å². The number of carbonyl (C=O) groups excluding carboxylic acids is 1. The molecule has 2 aromatic rings. The van der Waals surface area contributed by atoms with Crippen molar-refractivity contribution in [1.82, 2.24) is 0 Å². The van der Waals surface area contributed by atoms with E-state index < -0.39 is 0 Å². The molecule has 0 amide bonds. The van der Waals surface area contributed by atoms with Gasteiger partial charge in [-0.2, -0.15) is 0 Å². The molecule has 1 nitrogen and oxygen atoms in total. The van der Waals surface area contributed by atoms with Gasteiger partial charge in [0.15, 0.2) is 5.78 Å². The Bertz CT molecular complexity index is 589. The SMILES string of the molecule is CC(C)C(=O)c1ccc(-c2cc(Cl)ccc2Br)s1. The highest BCUT2D eigenvalue weighted by Gasteiger charge is 2.14. The van der Waals surface area contributed by atoms with Crippen molar-refractivity contribution in [2.75, 3.05) is 0 Å². The Labute approximate surface area is 124 Å². The van der Waals surface area contributed by atoms with Crippen molar-refractivity contribution in [2.45, 2.75) is 13.8 Å². The lowest BCUT2D eigenvalue weighted by molar-refractivity contribution is 0.0943. The molecule has 0 aliphatic carbocycles. The van der Waals surface area contributed by atoms with E-state index in [1.807, 2.05) is 44.2 Å². The van der Waals surface area contributed by atoms with E-state index in [4.69, 9.17) is 11.6 Å². The lowest BCUT2D eigenvalue weighted by Crippen LogP contribution is -2.04. The van der Waals surface area contributed by atoms with E-state index in [0.717, 1.165) is 19.8 Å². The highest BCUT2D eigenvalue weighted by Crippen LogP contribution is 2.35. The number of hydrogen-bond donors (Lipinski definition) is 0. The fourth-order valence-electron chi connectivity index (χ4n) is 1.59. The standard InChI is InChI=1S/C14H12BrClOS/c1-8(2)14(17)13-6-5-12(18-13)10-7-9(16)3-4-11(10)15/h3-8H,1-2H3. The molecular formula is C14H12BrClOS. The number of halogens is 2. The van der Waals surface area contributed by atoms with Gasteiger partial charge in [-0.3, -0.25) is 4.79 Å². The van der Waals surface area contributed by atoms with Crippen LogP contribution in [0.2, 0.25) is 5.02 Å². The van der Waals surface area contributed by atoms with Crippen LogP contribution in [0.5, 0.6) is 0 Å². The Balaban J connectivity index is 2.41. The van der Waals surface area contributed by atoms with Gasteiger partial charge in [0, 0.05) is 25.9 Å². The van der Waals surface area contributed by atoms with Gasteiger partial charge in [-0.1, -0.05) is 41.4 Å². The molecule has 1 aromatic heterocycles. The average molecular weight is 344 g/mol. The van der Waals surface area contributed by atoms with Crippen molar-refractivity contribution in [2.24, 2.45) is 5.92 Å². The summed E-state index contributed by atoms with van der Waals surface area (Å²) in [6.07, 6.45) is 0. The van der Waals surface area contributed by atoms with Gasteiger partial charge in [-0.25, -0.2) is 0 Å². The first kappa shape index (κ1) is 13.8. The number of ketones is 1. The third-order valence-corrected chi connectivity index (χ3v) is 4.63. The molecule has 0 unspecified atom stereocenters. The summed E-state index contributed by atoms with van der Waals surface area (Å²) in [5.74, 6) is 0.212. The van der Waals surface area contributed by atoms with Crippen LogP contribution in [0.15, 0.2) is 34.8 Å². The summed E-state index contributed by atoms with van der Waals surface area (Å²) < 4.78 is 0.984. The van der Waals surface area contributed by atoms with E-state index in [-0.39, 0.29) is 11.7 Å². The zero-order valence-electron chi connectivity index (χ0n) is 10.0. The lowest BCUT2D eigenvalue weighted by atomic mass is 10.1. The molecule has 1 aromatic carbocycles. The normalized spacial score (nSPS) is 10.9. The molecule has 0 spiro atoms. The van der Waals surface area contributed by atoms with Gasteiger partial charge in [0.2, 0.25) is 0 Å². The van der Waals surface area contributed by atoms with Crippen molar-refractivity contribution < 1.29 is 4.79 Å². The molecular weight excluding hydrogens is 332 g/mol. The third-order valence-electron chi connectivity index (χ3n) is 2.57. The second kappa shape index (κ2) is 5.55. The quantitative estimate of drug-likeness (QED) is 0.656. The molecule has 1 heterocycles. The summed E-state index contributed by atoms with van der Waals surface area (Å²) in [6, 6.07) is 9.51. The first-order chi connectivity index (χ1) is 8.49. The Morgan fingerprint density at radius 3 is 2.67 bits per heavy atom. The molecule has 0 aliphatic rings. The molecule has 18 heavy (non-hydrogen) atoms. The van der Waals surface area contributed by atoms with E-state index in [1.54, 1.807) is 0 Å². The summed E-state index contributed by atoms with van der Waals surface area (Å²) in [6.45, 7) is 3.83. The summed E-state index contributed by atoms with van der Waals surface area (Å²) in [7, 11) is 0. The van der Waals surface area contributed by atoms with E-state index >= 15 is 0 Å². The van der Waals surface area contributed by atoms with Crippen LogP contribution in [0.3, 0.4) is 0 Å². The maximum absolute atomic E-state index is 11.9. The number of benzene rings is 1. The fraction of sp³-hybridized carbons (Fsp3) is 0.214. The second-order valence-electron chi connectivity index (χ2n) is 4.31. The summed E-state index contributed by atoms with van der Waals surface area (Å²) in [5.41, 5.74) is 1.02. The maximum atomic E-state index is 11.9. The van der Waals surface area contributed by atoms with E-state index in [1.165, 1.54) is 11.3 Å². The van der Waals surface area contributed by atoms with E-state index in [0.29, 0.717) is 5.02 Å². The van der Waals surface area contributed by atoms with Crippen LogP contribution in [0.4, 0.5) is 0 Å². The number of rotatable bonds is 3. The fourth-order valence-corrected chi connectivity index (χ4v) is 3.47. The maximum Gasteiger partial charge on any atom is 0.175 e. The molecule has 4 heteroatoms. The number of hydrogen-bond acceptors (Lipinski definition) is 2. The average Bonchev–Trinajstić information content (AvgIpc) is 2.80. The number of thiophene rings is 1. The van der Waals surface area contributed by atoms with Crippen molar-refractivity contribution in [1.29, 1.82) is 0 Å². The van der Waals surface area contributed by atoms with Crippen LogP contribution in [0.1, 0.15) is 23.5 Å². The predicted molar refractivity (Wildman–Crippen MR) is 81.6 cm³/mol. The predicted octanol–water partition coefficient (Wildman–Crippen LogP) is 5.67. The van der Waals surface area contributed by atoms with Crippen molar-refractivity contribution >= 4 is 44.7 Å². The Morgan fingerprint density at radius 2 is 2.00 bits per heavy atom. The van der Waals surface area contributed by atoms with Gasteiger partial charge < -0.3 is 0 Å². The highest BCUT2D eigenvalue weighted by molar-refractivity contribution is 9.10. The molecule has 94 valence electrons. The first-order valence-electron chi connectivity index (χ1n) is 5.58. The van der Waals surface area contributed by atoms with Gasteiger partial charge in [0.25, 0.3) is 0 Å². The minimum absolute atomic E-state index is 0.0271. The highest BCUT2D eigenvalue weighted by atomic mass is 79.9. The first-order valence-corrected chi connectivity index (χ1v) is 7.57. The second-order valence-corrected chi connectivity index (χ2v) is 6.68. The zero-order valence-corrected chi connectivity index (χ0v) is 13.2. The van der Waals surface area contributed by atoms with Crippen LogP contribution in [0.25, 0.3) is 10.4 Å². The molecule has 0 radical (unpaired) electrons. The topological polar surface area (TPSA) is 17.1 Å². The van der Waals surface area contributed by atoms with E-state index in [9.17, 15) is 4.79 Å². The van der Waals surface area contributed by atoms with Gasteiger partial charge in [-0.05, 0) is 30.3 Å². The van der Waals surface area contributed by atoms with Crippen LogP contribution in [-0.4, -0.2) is 5.78 Å². The van der Waals surface area contributed by atoms with Crippen LogP contribution in [0, 0.1) is 5.92 Å². The van der Waals surface area contributed by atoms with Gasteiger partial charge in [0.05, 0.1) is 4.88 Å². The third kappa shape index (κ3) is 2.85. The van der Waals surface area contributed by atoms with Gasteiger partial charge in [-0.15, -0.1) is 11.3 Å². The molecule has 0 saturated heterocycles. The van der Waals surface area contributed by atoms with Crippen LogP contribution >= 0.6 is 38.9 Å². The lowest BCUT2D eigenvalue weighted by Gasteiger charge is -2.02. The van der Waals surface area contributed by atoms with Crippen molar-refractivity contribution in [3.05, 3.63) is 44.7 Å². The summed E-state index contributed by atoms with van der Waals surface area (Å²) in [5, 5.41) is 0.693. The molecule has 0 N–H and O–H groups in total. The van der Waals surface area contributed by atoms with Crippen LogP contribution in [-0.2, 0) is 0 Å². The van der Waals surface area contributed by atoms with Crippen LogP contribution < -0.4 is 0 Å². The number of Topliss-reactive ketones (excluding diaryl/α,β-unsaturated/α-hetero) is 1. The zero-order chi connectivity index (χ0) is 13.3. The van der Waals surface area contributed by atoms with Crippen molar-refractivity contribution in [3.63, 3.8) is 0 Å². The monoisotopic (exact) mass is 342 g/mol. The smallest absolute Gasteiger partial charge is 0.175 e. The minimum Gasteiger partial charge on any atom is -0.293 e. The Hall–Kier alpha value is -0.640. The summed E-state index contributed by atoms with van der Waals surface area (Å²) in [4.78, 5) is 13.8. The summed E-state index contributed by atoms with van der Waals surface area (Å²) >= 11 is 11.0. The molecule has 0 fully saturated rings. The molecule has 0 atom stereocenters. The van der Waals surface area contributed by atoms with Gasteiger partial charge in [0.1, 0.15) is 0 Å². The van der Waals surface area contributed by atoms with Crippen molar-refractivity contribution in [3.8, 4) is 10.4 Å². The largest absolute Gasteiger partial charge is 0.293 e.